The normalized spacial score (nSPS) is 15.0. The maximum absolute atomic E-state index is 2.55. The lowest BCUT2D eigenvalue weighted by atomic mass is 10.1. The fourth-order valence-electron chi connectivity index (χ4n) is 7.98. The van der Waals surface area contributed by atoms with Crippen molar-refractivity contribution in [2.45, 2.75) is 0 Å². The summed E-state index contributed by atoms with van der Waals surface area (Å²) < 4.78 is 0. The van der Waals surface area contributed by atoms with Crippen LogP contribution in [0.2, 0.25) is 0 Å². The van der Waals surface area contributed by atoms with Gasteiger partial charge in [-0.1, -0.05) is 121 Å². The Labute approximate surface area is 292 Å². The topological polar surface area (TPSA) is 13.0 Å². The number of benzene rings is 8. The number of fused-ring (bicyclic) bond motifs is 4. The Balaban J connectivity index is 1.22. The van der Waals surface area contributed by atoms with Gasteiger partial charge in [0, 0.05) is 48.9 Å². The molecule has 8 aromatic carbocycles. The van der Waals surface area contributed by atoms with Crippen molar-refractivity contribution in [2.75, 3.05) is 45.8 Å². The molecule has 8 aromatic rings. The summed E-state index contributed by atoms with van der Waals surface area (Å²) in [6.45, 7) is 3.50. The zero-order valence-corrected chi connectivity index (χ0v) is 27.8. The lowest BCUT2D eigenvalue weighted by molar-refractivity contribution is 0.968. The molecule has 50 heavy (non-hydrogen) atoms. The summed E-state index contributed by atoms with van der Waals surface area (Å²) >= 11 is 0. The Morgan fingerprint density at radius 2 is 0.460 bits per heavy atom. The average Bonchev–Trinajstić information content (AvgIpc) is 3.82. The molecule has 4 heteroatoms. The largest absolute Gasteiger partial charge is 0.323 e. The molecule has 10 rings (SSSR count). The molecule has 0 radical (unpaired) electrons. The highest BCUT2D eigenvalue weighted by Crippen LogP contribution is 2.42. The van der Waals surface area contributed by atoms with Crippen LogP contribution in [0.25, 0.3) is 43.1 Å². The first-order valence-electron chi connectivity index (χ1n) is 17.6. The van der Waals surface area contributed by atoms with Gasteiger partial charge in [0.2, 0.25) is 0 Å². The lowest BCUT2D eigenvalue weighted by Gasteiger charge is -2.34. The van der Waals surface area contributed by atoms with Crippen molar-refractivity contribution in [3.63, 3.8) is 0 Å². The first-order valence-corrected chi connectivity index (χ1v) is 17.6. The molecule has 0 amide bonds. The van der Waals surface area contributed by atoms with E-state index in [0.717, 1.165) is 26.2 Å². The van der Waals surface area contributed by atoms with Crippen molar-refractivity contribution in [1.29, 1.82) is 0 Å². The third kappa shape index (κ3) is 4.83. The zero-order valence-electron chi connectivity index (χ0n) is 27.8. The van der Waals surface area contributed by atoms with E-state index in [1.165, 1.54) is 77.5 Å². The second-order valence-electron chi connectivity index (χ2n) is 13.4. The summed E-state index contributed by atoms with van der Waals surface area (Å²) in [6.07, 6.45) is 0. The minimum Gasteiger partial charge on any atom is -0.323 e. The van der Waals surface area contributed by atoms with Crippen LogP contribution in [-0.2, 0) is 0 Å². The number of nitrogens with zero attached hydrogens (tertiary/aromatic N) is 4. The van der Waals surface area contributed by atoms with Gasteiger partial charge in [-0.15, -0.1) is 0 Å². The molecule has 240 valence electrons. The predicted molar refractivity (Wildman–Crippen MR) is 212 cm³/mol. The van der Waals surface area contributed by atoms with Gasteiger partial charge in [0.25, 0.3) is 0 Å². The summed E-state index contributed by atoms with van der Waals surface area (Å²) in [7, 11) is 0. The molecule has 0 aromatic heterocycles. The summed E-state index contributed by atoms with van der Waals surface area (Å²) in [5.74, 6) is 2.41. The molecular formula is C46H36N4. The van der Waals surface area contributed by atoms with E-state index >= 15 is 0 Å². The van der Waals surface area contributed by atoms with E-state index in [1.807, 2.05) is 0 Å². The maximum Gasteiger partial charge on any atom is 0.156 e. The predicted octanol–water partition coefficient (Wildman–Crippen LogP) is 10.8. The molecule has 0 aliphatic carbocycles. The molecule has 4 nitrogen and oxygen atoms in total. The Morgan fingerprint density at radius 3 is 0.700 bits per heavy atom. The van der Waals surface area contributed by atoms with Crippen LogP contribution in [0.3, 0.4) is 0 Å². The summed E-state index contributed by atoms with van der Waals surface area (Å²) in [5, 5.41) is 10.0. The van der Waals surface area contributed by atoms with Gasteiger partial charge in [-0.05, 0) is 91.6 Å². The zero-order chi connectivity index (χ0) is 33.0. The average molecular weight is 645 g/mol. The van der Waals surface area contributed by atoms with Crippen LogP contribution in [0.1, 0.15) is 0 Å². The number of hydrogen-bond acceptors (Lipinski definition) is 4. The van der Waals surface area contributed by atoms with E-state index in [1.54, 1.807) is 0 Å². The summed E-state index contributed by atoms with van der Waals surface area (Å²) in [4.78, 5) is 10.2. The van der Waals surface area contributed by atoms with Crippen LogP contribution < -0.4 is 19.6 Å². The smallest absolute Gasteiger partial charge is 0.156 e. The summed E-state index contributed by atoms with van der Waals surface area (Å²) in [5.41, 5.74) is 4.83. The number of hydrogen-bond donors (Lipinski definition) is 0. The molecule has 0 spiro atoms. The van der Waals surface area contributed by atoms with Gasteiger partial charge >= 0.3 is 0 Å². The molecule has 0 N–H and O–H groups in total. The van der Waals surface area contributed by atoms with Crippen LogP contribution in [0.5, 0.6) is 0 Å². The highest BCUT2D eigenvalue weighted by atomic mass is 15.5. The van der Waals surface area contributed by atoms with Crippen molar-refractivity contribution < 1.29 is 0 Å². The number of anilines is 4. The molecule has 2 aliphatic heterocycles. The van der Waals surface area contributed by atoms with Gasteiger partial charge in [-0.25, -0.2) is 0 Å². The highest BCUT2D eigenvalue weighted by molar-refractivity contribution is 5.91. The molecule has 0 unspecified atom stereocenters. The van der Waals surface area contributed by atoms with Crippen LogP contribution >= 0.6 is 0 Å². The van der Waals surface area contributed by atoms with Crippen LogP contribution in [0.4, 0.5) is 22.7 Å². The van der Waals surface area contributed by atoms with Crippen LogP contribution in [0, 0.1) is 0 Å². The minimum absolute atomic E-state index is 0.876. The fraction of sp³-hybridized carbons (Fsp3) is 0.0870. The highest BCUT2D eigenvalue weighted by Gasteiger charge is 2.39. The van der Waals surface area contributed by atoms with Crippen molar-refractivity contribution in [3.05, 3.63) is 182 Å². The monoisotopic (exact) mass is 644 g/mol. The molecule has 2 fully saturated rings. The van der Waals surface area contributed by atoms with Crippen LogP contribution in [0.15, 0.2) is 182 Å². The second-order valence-corrected chi connectivity index (χ2v) is 13.4. The van der Waals surface area contributed by atoms with E-state index in [9.17, 15) is 0 Å². The molecule has 0 saturated carbocycles. The van der Waals surface area contributed by atoms with E-state index < -0.39 is 0 Å². The molecule has 2 saturated heterocycles. The number of rotatable bonds is 4. The van der Waals surface area contributed by atoms with Gasteiger partial charge in [-0.3, -0.25) is 0 Å². The Morgan fingerprint density at radius 1 is 0.240 bits per heavy atom. The molecule has 0 bridgehead atoms. The minimum atomic E-state index is 0.876. The van der Waals surface area contributed by atoms with Gasteiger partial charge < -0.3 is 19.6 Å². The Kier molecular flexibility index (Phi) is 6.73. The SMILES string of the molecule is c1ccc2cc(N3CCN(c4ccc5ccccc5c4)C3=C3N(c4ccc5ccccc5c4)CCN3c3ccc4ccccc4c3)ccc2c1. The van der Waals surface area contributed by atoms with Crippen molar-refractivity contribution >= 4 is 65.8 Å². The van der Waals surface area contributed by atoms with E-state index in [-0.39, 0.29) is 0 Å². The standard InChI is InChI=1S/C46H36N4/c1-5-13-37-29-41(21-17-33(37)9-1)47-25-26-48(42-22-18-34-10-2-6-14-38(34)30-42)45(47)46-49(43-23-19-35-11-3-7-15-39(35)31-43)27-28-50(46)44-24-20-36-12-4-8-16-40(36)32-44/h1-24,29-32H,25-28H2. The molecule has 0 atom stereocenters. The quantitative estimate of drug-likeness (QED) is 0.189. The first-order chi connectivity index (χ1) is 24.8. The first kappa shape index (κ1) is 28.7. The summed E-state index contributed by atoms with van der Waals surface area (Å²) in [6, 6.07) is 62.4. The van der Waals surface area contributed by atoms with Gasteiger partial charge in [0.1, 0.15) is 0 Å². The third-order valence-corrected chi connectivity index (χ3v) is 10.5. The molecule has 2 heterocycles. The van der Waals surface area contributed by atoms with Gasteiger partial charge in [0.15, 0.2) is 11.6 Å². The van der Waals surface area contributed by atoms with Gasteiger partial charge in [0.05, 0.1) is 0 Å². The van der Waals surface area contributed by atoms with Crippen molar-refractivity contribution in [1.82, 2.24) is 0 Å². The van der Waals surface area contributed by atoms with E-state index in [4.69, 9.17) is 0 Å². The van der Waals surface area contributed by atoms with Crippen molar-refractivity contribution in [2.24, 2.45) is 0 Å². The van der Waals surface area contributed by atoms with Crippen molar-refractivity contribution in [3.8, 4) is 0 Å². The molecular weight excluding hydrogens is 609 g/mol. The Bertz CT molecular complexity index is 2250. The maximum atomic E-state index is 2.55. The second kappa shape index (κ2) is 11.7. The third-order valence-electron chi connectivity index (χ3n) is 10.5. The molecule has 2 aliphatic rings. The Hall–Kier alpha value is -6.26. The van der Waals surface area contributed by atoms with Gasteiger partial charge in [-0.2, -0.15) is 0 Å². The van der Waals surface area contributed by atoms with E-state index in [0.29, 0.717) is 0 Å². The van der Waals surface area contributed by atoms with Crippen LogP contribution in [-0.4, -0.2) is 26.2 Å². The fourth-order valence-corrected chi connectivity index (χ4v) is 7.98. The lowest BCUT2D eigenvalue weighted by Crippen LogP contribution is -2.34. The van der Waals surface area contributed by atoms with E-state index in [2.05, 4.69) is 189 Å².